The summed E-state index contributed by atoms with van der Waals surface area (Å²) in [6.07, 6.45) is 3.64. The monoisotopic (exact) mass is 377 g/mol. The van der Waals surface area contributed by atoms with E-state index in [-0.39, 0.29) is 32.7 Å². The molecule has 0 saturated heterocycles. The number of hydrogen-bond donors (Lipinski definition) is 0. The molecular formula is C16H22N3O2Y-. The summed E-state index contributed by atoms with van der Waals surface area (Å²) in [4.78, 5) is 16.8. The van der Waals surface area contributed by atoms with Gasteiger partial charge in [0.25, 0.3) is 0 Å². The van der Waals surface area contributed by atoms with E-state index in [1.807, 2.05) is 32.9 Å². The van der Waals surface area contributed by atoms with E-state index in [0.29, 0.717) is 0 Å². The Hall–Kier alpha value is -1.20. The van der Waals surface area contributed by atoms with E-state index in [0.717, 1.165) is 25.0 Å². The molecule has 0 aliphatic rings. The van der Waals surface area contributed by atoms with Crippen LogP contribution in [0.1, 0.15) is 36.5 Å². The fourth-order valence-corrected chi connectivity index (χ4v) is 1.52. The first-order valence-corrected chi connectivity index (χ1v) is 6.82. The van der Waals surface area contributed by atoms with Crippen LogP contribution in [0.15, 0.2) is 30.3 Å². The number of rotatable bonds is 2. The van der Waals surface area contributed by atoms with Crippen molar-refractivity contribution in [1.82, 2.24) is 9.97 Å². The number of nitro groups is 1. The number of benzene rings is 1. The molecule has 2 rings (SSSR count). The summed E-state index contributed by atoms with van der Waals surface area (Å²) >= 11 is 0. The van der Waals surface area contributed by atoms with Gasteiger partial charge >= 0.3 is 0 Å². The predicted octanol–water partition coefficient (Wildman–Crippen LogP) is 3.40. The molecule has 1 heterocycles. The topological polar surface area (TPSA) is 68.9 Å². The van der Waals surface area contributed by atoms with Crippen LogP contribution in [-0.4, -0.2) is 21.9 Å². The second-order valence-corrected chi connectivity index (χ2v) is 4.10. The fraction of sp³-hybridized carbons (Fsp3) is 0.375. The predicted molar refractivity (Wildman–Crippen MR) is 83.9 cm³/mol. The fourth-order valence-electron chi connectivity index (χ4n) is 1.52. The minimum atomic E-state index is -0.500. The minimum absolute atomic E-state index is 0. The van der Waals surface area contributed by atoms with Crippen molar-refractivity contribution in [2.75, 3.05) is 7.05 Å². The Labute approximate surface area is 157 Å². The van der Waals surface area contributed by atoms with Crippen LogP contribution in [0.4, 0.5) is 0 Å². The molecule has 0 bridgehead atoms. The molecule has 5 nitrogen and oxygen atoms in total. The summed E-state index contributed by atoms with van der Waals surface area (Å²) in [7, 11) is 0.889. The Morgan fingerprint density at radius 2 is 1.77 bits per heavy atom. The van der Waals surface area contributed by atoms with Crippen molar-refractivity contribution in [1.29, 1.82) is 0 Å². The third-order valence-corrected chi connectivity index (χ3v) is 2.38. The third-order valence-electron chi connectivity index (χ3n) is 2.38. The van der Waals surface area contributed by atoms with Crippen molar-refractivity contribution in [3.05, 3.63) is 69.3 Å². The van der Waals surface area contributed by atoms with Crippen LogP contribution in [0.2, 0.25) is 0 Å². The molecule has 22 heavy (non-hydrogen) atoms. The maximum atomic E-state index is 8.81. The van der Waals surface area contributed by atoms with Gasteiger partial charge in [0.1, 0.15) is 0 Å². The Kier molecular flexibility index (Phi) is 14.1. The van der Waals surface area contributed by atoms with Crippen molar-refractivity contribution in [2.45, 2.75) is 34.1 Å². The zero-order valence-electron chi connectivity index (χ0n) is 13.8. The second-order valence-electron chi connectivity index (χ2n) is 4.10. The van der Waals surface area contributed by atoms with Gasteiger partial charge in [-0.25, -0.2) is 0 Å². The average molecular weight is 377 g/mol. The normalized spacial score (nSPS) is 8.41. The summed E-state index contributed by atoms with van der Waals surface area (Å²) in [6, 6.07) is 10.1. The number of aromatic nitrogens is 2. The van der Waals surface area contributed by atoms with Gasteiger partial charge in [-0.15, -0.1) is 6.07 Å². The number of aryl methyl sites for hydroxylation is 2. The minimum Gasteiger partial charge on any atom is -0.373 e. The molecule has 0 spiro atoms. The van der Waals surface area contributed by atoms with Crippen LogP contribution < -0.4 is 0 Å². The van der Waals surface area contributed by atoms with Crippen molar-refractivity contribution < 1.29 is 37.6 Å². The Bertz CT molecular complexity index is 559. The molecule has 1 radical (unpaired) electrons. The van der Waals surface area contributed by atoms with Gasteiger partial charge in [-0.05, 0) is 24.5 Å². The Morgan fingerprint density at radius 3 is 2.27 bits per heavy atom. The first-order valence-electron chi connectivity index (χ1n) is 6.82. The Balaban J connectivity index is 0. The van der Waals surface area contributed by atoms with Gasteiger partial charge in [0.05, 0.1) is 0 Å². The van der Waals surface area contributed by atoms with E-state index in [2.05, 4.69) is 35.2 Å². The average Bonchev–Trinajstić information content (AvgIpc) is 2.43. The molecule has 2 aromatic rings. The van der Waals surface area contributed by atoms with E-state index < -0.39 is 4.92 Å². The smallest absolute Gasteiger partial charge is 0.194 e. The van der Waals surface area contributed by atoms with Gasteiger partial charge in [0.15, 0.2) is 7.05 Å². The molecule has 0 unspecified atom stereocenters. The van der Waals surface area contributed by atoms with E-state index in [4.69, 9.17) is 10.1 Å². The first-order chi connectivity index (χ1) is 9.99. The van der Waals surface area contributed by atoms with Gasteiger partial charge in [0, 0.05) is 43.5 Å². The van der Waals surface area contributed by atoms with E-state index in [1.165, 1.54) is 11.1 Å². The van der Waals surface area contributed by atoms with Crippen molar-refractivity contribution in [3.8, 4) is 0 Å². The molecule has 0 aliphatic heterocycles. The molecule has 0 aliphatic carbocycles. The van der Waals surface area contributed by atoms with E-state index in [9.17, 15) is 0 Å². The summed E-state index contributed by atoms with van der Waals surface area (Å²) < 4.78 is 0. The summed E-state index contributed by atoms with van der Waals surface area (Å²) in [6.45, 7) is 8.06. The van der Waals surface area contributed by atoms with Crippen LogP contribution >= 0.6 is 0 Å². The van der Waals surface area contributed by atoms with Crippen molar-refractivity contribution >= 4 is 0 Å². The molecule has 0 saturated carbocycles. The van der Waals surface area contributed by atoms with Crippen LogP contribution in [0.3, 0.4) is 0 Å². The van der Waals surface area contributed by atoms with Crippen LogP contribution in [0.25, 0.3) is 0 Å². The third kappa shape index (κ3) is 10.5. The summed E-state index contributed by atoms with van der Waals surface area (Å²) in [5.41, 5.74) is 3.52. The number of hydrogen-bond acceptors (Lipinski definition) is 4. The van der Waals surface area contributed by atoms with Crippen LogP contribution in [0, 0.1) is 30.2 Å². The van der Waals surface area contributed by atoms with Crippen LogP contribution in [0.5, 0.6) is 0 Å². The van der Waals surface area contributed by atoms with Gasteiger partial charge in [0.2, 0.25) is 0 Å². The van der Waals surface area contributed by atoms with Gasteiger partial charge in [-0.3, -0.25) is 10.1 Å². The number of nitrogens with zero attached hydrogens (tertiary/aromatic N) is 3. The first kappa shape index (κ1) is 23.1. The Morgan fingerprint density at radius 1 is 1.23 bits per heavy atom. The maximum absolute atomic E-state index is 8.81. The zero-order valence-corrected chi connectivity index (χ0v) is 16.7. The van der Waals surface area contributed by atoms with Gasteiger partial charge in [-0.2, -0.15) is 0 Å². The molecular weight excluding hydrogens is 355 g/mol. The van der Waals surface area contributed by atoms with Gasteiger partial charge in [-0.1, -0.05) is 56.9 Å². The molecule has 0 amide bonds. The quantitative estimate of drug-likeness (QED) is 0.457. The molecule has 1 aromatic carbocycles. The maximum Gasteiger partial charge on any atom is 0.194 e. The standard InChI is InChI=1S/C13H13N2.C2H6.CH3NO2.Y/c1-10-5-3-4-6-12(10)9-13-14-8-7-11(2)15-13;1-2;1-2(3)4;/h3-7H,9H2,1-2H3;1-2H3;1H3;/q-1;;;. The summed E-state index contributed by atoms with van der Waals surface area (Å²) in [5, 5.41) is 8.81. The van der Waals surface area contributed by atoms with Gasteiger partial charge < -0.3 is 9.97 Å². The zero-order chi connectivity index (χ0) is 16.3. The molecule has 117 valence electrons. The SMILES string of the molecule is CC.C[N+](=O)[O-].Cc1c[c-]nc(Cc2ccccc2C)n1.[Y]. The van der Waals surface area contributed by atoms with Crippen molar-refractivity contribution in [3.63, 3.8) is 0 Å². The van der Waals surface area contributed by atoms with E-state index in [1.54, 1.807) is 6.07 Å². The molecule has 1 aromatic heterocycles. The molecule has 6 heteroatoms. The largest absolute Gasteiger partial charge is 0.373 e. The van der Waals surface area contributed by atoms with Crippen molar-refractivity contribution in [2.24, 2.45) is 0 Å². The molecule has 0 fully saturated rings. The molecule has 0 N–H and O–H groups in total. The second kappa shape index (κ2) is 13.5. The van der Waals surface area contributed by atoms with Crippen LogP contribution in [-0.2, 0) is 39.1 Å². The van der Waals surface area contributed by atoms with E-state index >= 15 is 0 Å². The summed E-state index contributed by atoms with van der Waals surface area (Å²) in [5.74, 6) is 0.837. The molecule has 0 atom stereocenters.